The second kappa shape index (κ2) is 7.01. The Labute approximate surface area is 120 Å². The molecule has 1 N–H and O–H groups in total. The van der Waals surface area contributed by atoms with E-state index < -0.39 is 0 Å². The Bertz CT molecular complexity index is 557. The molecule has 0 bridgehead atoms. The zero-order valence-corrected chi connectivity index (χ0v) is 12.3. The van der Waals surface area contributed by atoms with Gasteiger partial charge in [0, 0.05) is 18.6 Å². The third kappa shape index (κ3) is 3.54. The van der Waals surface area contributed by atoms with Crippen LogP contribution in [0.1, 0.15) is 36.1 Å². The molecule has 0 fully saturated rings. The Kier molecular flexibility index (Phi) is 5.07. The molecule has 0 saturated heterocycles. The minimum Gasteiger partial charge on any atom is -0.492 e. The number of hydrogen-bond donors (Lipinski definition) is 1. The Morgan fingerprint density at radius 2 is 1.80 bits per heavy atom. The van der Waals surface area contributed by atoms with Gasteiger partial charge in [0.15, 0.2) is 0 Å². The number of nitrogens with zero attached hydrogens (tertiary/aromatic N) is 2. The molecule has 0 amide bonds. The van der Waals surface area contributed by atoms with Gasteiger partial charge in [-0.15, -0.1) is 0 Å². The summed E-state index contributed by atoms with van der Waals surface area (Å²) in [6.45, 7) is 4.84. The third-order valence-corrected chi connectivity index (χ3v) is 3.06. The van der Waals surface area contributed by atoms with Crippen molar-refractivity contribution in [1.29, 1.82) is 0 Å². The fourth-order valence-electron chi connectivity index (χ4n) is 2.15. The molecule has 2 rings (SSSR count). The van der Waals surface area contributed by atoms with Gasteiger partial charge in [0.05, 0.1) is 18.8 Å². The van der Waals surface area contributed by atoms with Crippen molar-refractivity contribution in [2.75, 3.05) is 13.7 Å². The average Bonchev–Trinajstić information content (AvgIpc) is 2.46. The molecule has 1 unspecified atom stereocenters. The summed E-state index contributed by atoms with van der Waals surface area (Å²) < 4.78 is 5.64. The van der Waals surface area contributed by atoms with Gasteiger partial charge in [-0.25, -0.2) is 0 Å². The molecule has 0 aliphatic heterocycles. The van der Waals surface area contributed by atoms with E-state index in [-0.39, 0.29) is 6.04 Å². The van der Waals surface area contributed by atoms with Gasteiger partial charge in [0.1, 0.15) is 5.75 Å². The Balaban J connectivity index is 2.27. The van der Waals surface area contributed by atoms with Crippen molar-refractivity contribution in [3.8, 4) is 5.75 Å². The molecular weight excluding hydrogens is 250 g/mol. The fourth-order valence-corrected chi connectivity index (χ4v) is 2.15. The van der Waals surface area contributed by atoms with Crippen LogP contribution in [0.2, 0.25) is 0 Å². The summed E-state index contributed by atoms with van der Waals surface area (Å²) in [4.78, 5) is 8.53. The minimum atomic E-state index is 0.0695. The van der Waals surface area contributed by atoms with E-state index in [0.29, 0.717) is 6.61 Å². The lowest BCUT2D eigenvalue weighted by Gasteiger charge is -2.17. The number of nitrogens with one attached hydrogen (secondary N) is 1. The maximum Gasteiger partial charge on any atom is 0.137 e. The second-order valence-electron chi connectivity index (χ2n) is 4.82. The van der Waals surface area contributed by atoms with Crippen LogP contribution >= 0.6 is 0 Å². The Hall–Kier alpha value is -1.94. The zero-order chi connectivity index (χ0) is 14.4. The molecule has 2 aromatic rings. The van der Waals surface area contributed by atoms with Crippen LogP contribution in [0.15, 0.2) is 36.9 Å². The lowest BCUT2D eigenvalue weighted by molar-refractivity contribution is 0.315. The first-order chi connectivity index (χ1) is 9.74. The standard InChI is InChI=1S/C16H21N3O/c1-4-5-20-15-7-14(10-19-11-15)16(17-3)13-6-12(2)8-18-9-13/h6-11,16-17H,4-5H2,1-3H3. The van der Waals surface area contributed by atoms with E-state index in [1.807, 2.05) is 38.6 Å². The summed E-state index contributed by atoms with van der Waals surface area (Å²) in [6.07, 6.45) is 8.34. The van der Waals surface area contributed by atoms with E-state index in [2.05, 4.69) is 28.3 Å². The quantitative estimate of drug-likeness (QED) is 0.877. The van der Waals surface area contributed by atoms with Gasteiger partial charge >= 0.3 is 0 Å². The average molecular weight is 271 g/mol. The Morgan fingerprint density at radius 3 is 2.45 bits per heavy atom. The van der Waals surface area contributed by atoms with Crippen molar-refractivity contribution >= 4 is 0 Å². The molecule has 0 aliphatic rings. The van der Waals surface area contributed by atoms with E-state index in [0.717, 1.165) is 28.9 Å². The number of aromatic nitrogens is 2. The predicted octanol–water partition coefficient (Wildman–Crippen LogP) is 2.88. The molecule has 106 valence electrons. The highest BCUT2D eigenvalue weighted by Crippen LogP contribution is 2.24. The molecule has 0 spiro atoms. The molecule has 1 atom stereocenters. The van der Waals surface area contributed by atoms with Crippen LogP contribution in [-0.2, 0) is 0 Å². The van der Waals surface area contributed by atoms with Crippen molar-refractivity contribution in [1.82, 2.24) is 15.3 Å². The predicted molar refractivity (Wildman–Crippen MR) is 79.9 cm³/mol. The summed E-state index contributed by atoms with van der Waals surface area (Å²) >= 11 is 0. The van der Waals surface area contributed by atoms with Crippen molar-refractivity contribution in [3.05, 3.63) is 53.6 Å². The number of aryl methyl sites for hydroxylation is 1. The van der Waals surface area contributed by atoms with Crippen LogP contribution in [0.3, 0.4) is 0 Å². The summed E-state index contributed by atoms with van der Waals surface area (Å²) in [6, 6.07) is 4.24. The van der Waals surface area contributed by atoms with Crippen molar-refractivity contribution in [2.45, 2.75) is 26.3 Å². The molecule has 20 heavy (non-hydrogen) atoms. The summed E-state index contributed by atoms with van der Waals surface area (Å²) in [5.41, 5.74) is 3.35. The number of pyridine rings is 2. The van der Waals surface area contributed by atoms with E-state index in [4.69, 9.17) is 4.74 Å². The lowest BCUT2D eigenvalue weighted by atomic mass is 10.0. The SMILES string of the molecule is CCCOc1cncc(C(NC)c2cncc(C)c2)c1. The normalized spacial score (nSPS) is 12.2. The molecule has 2 heterocycles. The summed E-state index contributed by atoms with van der Waals surface area (Å²) in [5.74, 6) is 0.810. The number of hydrogen-bond acceptors (Lipinski definition) is 4. The smallest absolute Gasteiger partial charge is 0.137 e. The number of ether oxygens (including phenoxy) is 1. The van der Waals surface area contributed by atoms with Gasteiger partial charge in [-0.2, -0.15) is 0 Å². The Morgan fingerprint density at radius 1 is 1.10 bits per heavy atom. The van der Waals surface area contributed by atoms with Gasteiger partial charge < -0.3 is 10.1 Å². The van der Waals surface area contributed by atoms with Crippen LogP contribution in [0, 0.1) is 6.92 Å². The second-order valence-corrected chi connectivity index (χ2v) is 4.82. The number of rotatable bonds is 6. The van der Waals surface area contributed by atoms with Gasteiger partial charge in [0.2, 0.25) is 0 Å². The maximum atomic E-state index is 5.64. The molecule has 4 nitrogen and oxygen atoms in total. The van der Waals surface area contributed by atoms with Gasteiger partial charge in [-0.05, 0) is 43.1 Å². The molecule has 0 aromatic carbocycles. The molecule has 4 heteroatoms. The first kappa shape index (κ1) is 14.5. The van der Waals surface area contributed by atoms with E-state index in [1.54, 1.807) is 6.20 Å². The minimum absolute atomic E-state index is 0.0695. The molecule has 0 saturated carbocycles. The third-order valence-electron chi connectivity index (χ3n) is 3.06. The van der Waals surface area contributed by atoms with Crippen molar-refractivity contribution in [3.63, 3.8) is 0 Å². The van der Waals surface area contributed by atoms with Gasteiger partial charge in [-0.3, -0.25) is 9.97 Å². The maximum absolute atomic E-state index is 5.64. The van der Waals surface area contributed by atoms with Gasteiger partial charge in [-0.1, -0.05) is 13.0 Å². The topological polar surface area (TPSA) is 47.0 Å². The van der Waals surface area contributed by atoms with E-state index in [9.17, 15) is 0 Å². The molecule has 2 aromatic heterocycles. The zero-order valence-electron chi connectivity index (χ0n) is 12.3. The molecule has 0 radical (unpaired) electrons. The van der Waals surface area contributed by atoms with E-state index >= 15 is 0 Å². The molecule has 0 aliphatic carbocycles. The highest BCUT2D eigenvalue weighted by atomic mass is 16.5. The van der Waals surface area contributed by atoms with Crippen molar-refractivity contribution in [2.24, 2.45) is 0 Å². The molecular formula is C16H21N3O. The highest BCUT2D eigenvalue weighted by molar-refractivity contribution is 5.34. The highest BCUT2D eigenvalue weighted by Gasteiger charge is 2.13. The summed E-state index contributed by atoms with van der Waals surface area (Å²) in [5, 5.41) is 3.31. The van der Waals surface area contributed by atoms with Gasteiger partial charge in [0.25, 0.3) is 0 Å². The fraction of sp³-hybridized carbons (Fsp3) is 0.375. The van der Waals surface area contributed by atoms with Crippen LogP contribution in [0.25, 0.3) is 0 Å². The monoisotopic (exact) mass is 271 g/mol. The van der Waals surface area contributed by atoms with Crippen LogP contribution in [0.5, 0.6) is 5.75 Å². The first-order valence-corrected chi connectivity index (χ1v) is 6.91. The first-order valence-electron chi connectivity index (χ1n) is 6.91. The van der Waals surface area contributed by atoms with Crippen LogP contribution in [-0.4, -0.2) is 23.6 Å². The lowest BCUT2D eigenvalue weighted by Crippen LogP contribution is -2.18. The van der Waals surface area contributed by atoms with Crippen LogP contribution in [0.4, 0.5) is 0 Å². The largest absolute Gasteiger partial charge is 0.492 e. The summed E-state index contributed by atoms with van der Waals surface area (Å²) in [7, 11) is 1.94. The van der Waals surface area contributed by atoms with Crippen molar-refractivity contribution < 1.29 is 4.74 Å². The van der Waals surface area contributed by atoms with E-state index in [1.165, 1.54) is 0 Å². The van der Waals surface area contributed by atoms with Crippen LogP contribution < -0.4 is 10.1 Å².